The van der Waals surface area contributed by atoms with Crippen LogP contribution in [-0.4, -0.2) is 12.9 Å². The van der Waals surface area contributed by atoms with E-state index in [1.54, 1.807) is 24.5 Å². The lowest BCUT2D eigenvalue weighted by atomic mass is 10.3. The van der Waals surface area contributed by atoms with Crippen molar-refractivity contribution >= 4 is 29.5 Å². The number of halogens is 2. The molecule has 0 atom stereocenters. The number of benzene rings is 1. The molecule has 1 aromatic rings. The lowest BCUT2D eigenvalue weighted by molar-refractivity contribution is 0.365. The first-order valence-electron chi connectivity index (χ1n) is 3.17. The van der Waals surface area contributed by atoms with E-state index in [0.29, 0.717) is 15.8 Å². The van der Waals surface area contributed by atoms with Crippen molar-refractivity contribution in [2.45, 2.75) is 0 Å². The van der Waals surface area contributed by atoms with Crippen LogP contribution in [0.15, 0.2) is 18.2 Å². The van der Waals surface area contributed by atoms with E-state index in [1.165, 1.54) is 0 Å². The Kier molecular flexibility index (Phi) is 3.38. The predicted octanol–water partition coefficient (Wildman–Crippen LogP) is 2.48. The summed E-state index contributed by atoms with van der Waals surface area (Å²) in [6.07, 6.45) is 1.59. The molecule has 0 aliphatic heterocycles. The molecule has 0 heterocycles. The molecule has 0 N–H and O–H groups in total. The maximum atomic E-state index is 9.85. The number of hydrogen-bond donors (Lipinski definition) is 0. The van der Waals surface area contributed by atoms with Crippen LogP contribution in [0.5, 0.6) is 5.75 Å². The Morgan fingerprint density at radius 3 is 2.83 bits per heavy atom. The minimum Gasteiger partial charge on any atom is -0.484 e. The molecule has 0 amide bonds. The van der Waals surface area contributed by atoms with Crippen molar-refractivity contribution in [1.82, 2.24) is 0 Å². The summed E-state index contributed by atoms with van der Waals surface area (Å²) in [6.45, 7) is -0.139. The van der Waals surface area contributed by atoms with Gasteiger partial charge in [-0.15, -0.1) is 0 Å². The molecule has 0 bridgehead atoms. The molecule has 1 aromatic carbocycles. The zero-order valence-electron chi connectivity index (χ0n) is 6.01. The third-order valence-corrected chi connectivity index (χ3v) is 2.00. The van der Waals surface area contributed by atoms with Crippen LogP contribution < -0.4 is 4.74 Å². The van der Waals surface area contributed by atoms with Crippen LogP contribution in [0.25, 0.3) is 0 Å². The zero-order valence-corrected chi connectivity index (χ0v) is 7.52. The summed E-state index contributed by atoms with van der Waals surface area (Å²) >= 11 is 11.4. The van der Waals surface area contributed by atoms with Gasteiger partial charge in [0, 0.05) is 0 Å². The first kappa shape index (κ1) is 9.36. The Balaban J connectivity index is 2.84. The smallest absolute Gasteiger partial charge is 0.239 e. The number of rotatable bonds is 3. The van der Waals surface area contributed by atoms with Gasteiger partial charge in [0.05, 0.1) is 5.02 Å². The van der Waals surface area contributed by atoms with Crippen LogP contribution in [-0.2, 0) is 4.79 Å². The minimum absolute atomic E-state index is 0.139. The average Bonchev–Trinajstić information content (AvgIpc) is 2.08. The van der Waals surface area contributed by atoms with E-state index in [0.717, 1.165) is 0 Å². The fourth-order valence-corrected chi connectivity index (χ4v) is 1.05. The van der Waals surface area contributed by atoms with Crippen LogP contribution in [0, 0.1) is 0 Å². The van der Waals surface area contributed by atoms with Crippen LogP contribution >= 0.6 is 23.2 Å². The molecular formula is C8H5Cl2O2. The Morgan fingerprint density at radius 2 is 2.17 bits per heavy atom. The van der Waals surface area contributed by atoms with Crippen molar-refractivity contribution in [3.63, 3.8) is 0 Å². The maximum Gasteiger partial charge on any atom is 0.239 e. The van der Waals surface area contributed by atoms with Crippen LogP contribution in [0.4, 0.5) is 0 Å². The molecule has 0 aromatic heterocycles. The van der Waals surface area contributed by atoms with E-state index < -0.39 is 0 Å². The molecule has 0 spiro atoms. The van der Waals surface area contributed by atoms with Crippen molar-refractivity contribution in [3.8, 4) is 5.75 Å². The molecule has 63 valence electrons. The second-order valence-electron chi connectivity index (χ2n) is 1.98. The summed E-state index contributed by atoms with van der Waals surface area (Å²) in [5.41, 5.74) is 0. The van der Waals surface area contributed by atoms with Gasteiger partial charge in [-0.05, 0) is 12.1 Å². The van der Waals surface area contributed by atoms with Gasteiger partial charge in [-0.3, -0.25) is 4.79 Å². The Bertz CT molecular complexity index is 286. The highest BCUT2D eigenvalue weighted by Gasteiger charge is 2.03. The van der Waals surface area contributed by atoms with Crippen LogP contribution in [0.2, 0.25) is 10.0 Å². The van der Waals surface area contributed by atoms with Gasteiger partial charge in [0.15, 0.2) is 6.61 Å². The normalized spacial score (nSPS) is 9.50. The van der Waals surface area contributed by atoms with Crippen LogP contribution in [0.3, 0.4) is 0 Å². The number of ether oxygens (including phenoxy) is 1. The number of hydrogen-bond acceptors (Lipinski definition) is 2. The highest BCUT2D eigenvalue weighted by molar-refractivity contribution is 6.42. The van der Waals surface area contributed by atoms with E-state index in [2.05, 4.69) is 0 Å². The van der Waals surface area contributed by atoms with Gasteiger partial charge in [-0.1, -0.05) is 29.3 Å². The fraction of sp³-hybridized carbons (Fsp3) is 0.125. The molecule has 0 aliphatic rings. The first-order valence-corrected chi connectivity index (χ1v) is 3.93. The summed E-state index contributed by atoms with van der Waals surface area (Å²) in [7, 11) is 0. The third-order valence-electron chi connectivity index (χ3n) is 1.20. The van der Waals surface area contributed by atoms with Crippen LogP contribution in [0.1, 0.15) is 0 Å². The van der Waals surface area contributed by atoms with Gasteiger partial charge in [-0.25, -0.2) is 0 Å². The average molecular weight is 204 g/mol. The molecule has 1 radical (unpaired) electrons. The molecule has 1 rings (SSSR count). The van der Waals surface area contributed by atoms with E-state index >= 15 is 0 Å². The van der Waals surface area contributed by atoms with Crippen molar-refractivity contribution in [1.29, 1.82) is 0 Å². The molecule has 0 aliphatic carbocycles. The molecule has 0 unspecified atom stereocenters. The Morgan fingerprint density at radius 1 is 1.42 bits per heavy atom. The largest absolute Gasteiger partial charge is 0.484 e. The van der Waals surface area contributed by atoms with Gasteiger partial charge in [0.25, 0.3) is 0 Å². The fourth-order valence-electron chi connectivity index (χ4n) is 0.703. The Hall–Kier alpha value is -0.730. The SMILES string of the molecule is O=[C]COc1cccc(Cl)c1Cl. The van der Waals surface area contributed by atoms with Crippen molar-refractivity contribution in [2.24, 2.45) is 0 Å². The molecule has 0 fully saturated rings. The summed E-state index contributed by atoms with van der Waals surface area (Å²) in [5, 5.41) is 0.717. The molecule has 12 heavy (non-hydrogen) atoms. The Labute approximate surface area is 80.0 Å². The highest BCUT2D eigenvalue weighted by atomic mass is 35.5. The summed E-state index contributed by atoms with van der Waals surface area (Å²) in [5.74, 6) is 0.396. The van der Waals surface area contributed by atoms with Gasteiger partial charge >= 0.3 is 0 Å². The van der Waals surface area contributed by atoms with Gasteiger partial charge in [0.2, 0.25) is 6.29 Å². The van der Waals surface area contributed by atoms with E-state index in [-0.39, 0.29) is 6.61 Å². The van der Waals surface area contributed by atoms with Crippen molar-refractivity contribution in [3.05, 3.63) is 28.2 Å². The van der Waals surface area contributed by atoms with Gasteiger partial charge < -0.3 is 4.74 Å². The molecule has 2 nitrogen and oxygen atoms in total. The van der Waals surface area contributed by atoms with Crippen molar-refractivity contribution < 1.29 is 9.53 Å². The predicted molar refractivity (Wildman–Crippen MR) is 47.7 cm³/mol. The maximum absolute atomic E-state index is 9.85. The lowest BCUT2D eigenvalue weighted by Crippen LogP contribution is -1.97. The molecule has 0 saturated carbocycles. The molecule has 4 heteroatoms. The minimum atomic E-state index is -0.139. The summed E-state index contributed by atoms with van der Waals surface area (Å²) < 4.78 is 4.93. The van der Waals surface area contributed by atoms with E-state index in [9.17, 15) is 4.79 Å². The third kappa shape index (κ3) is 2.13. The standard InChI is InChI=1S/C8H5Cl2O2/c9-6-2-1-3-7(8(6)10)12-5-4-11/h1-3H,5H2. The quantitative estimate of drug-likeness (QED) is 0.755. The van der Waals surface area contributed by atoms with Gasteiger partial charge in [-0.2, -0.15) is 0 Å². The van der Waals surface area contributed by atoms with Gasteiger partial charge in [0.1, 0.15) is 10.8 Å². The zero-order chi connectivity index (χ0) is 8.97. The van der Waals surface area contributed by atoms with E-state index in [1.807, 2.05) is 0 Å². The first-order chi connectivity index (χ1) is 5.75. The molecule has 0 saturated heterocycles. The topological polar surface area (TPSA) is 26.3 Å². The number of carbonyl (C=O) groups excluding carboxylic acids is 1. The van der Waals surface area contributed by atoms with Crippen molar-refractivity contribution in [2.75, 3.05) is 6.61 Å². The molecular weight excluding hydrogens is 199 g/mol. The van der Waals surface area contributed by atoms with E-state index in [4.69, 9.17) is 27.9 Å². The second-order valence-corrected chi connectivity index (χ2v) is 2.77. The lowest BCUT2D eigenvalue weighted by Gasteiger charge is -2.04. The highest BCUT2D eigenvalue weighted by Crippen LogP contribution is 2.31. The second kappa shape index (κ2) is 4.33. The monoisotopic (exact) mass is 203 g/mol. The summed E-state index contributed by atoms with van der Waals surface area (Å²) in [4.78, 5) is 9.85. The summed E-state index contributed by atoms with van der Waals surface area (Å²) in [6, 6.07) is 4.96.